The van der Waals surface area contributed by atoms with Crippen LogP contribution in [0.15, 0.2) is 42.5 Å². The van der Waals surface area contributed by atoms with Gasteiger partial charge < -0.3 is 5.32 Å². The van der Waals surface area contributed by atoms with Crippen molar-refractivity contribution in [2.45, 2.75) is 12.3 Å². The van der Waals surface area contributed by atoms with Crippen LogP contribution >= 0.6 is 11.6 Å². The maximum absolute atomic E-state index is 12.8. The Morgan fingerprint density at radius 2 is 1.90 bits per heavy atom. The summed E-state index contributed by atoms with van der Waals surface area (Å²) in [5.74, 6) is 0.193. The first kappa shape index (κ1) is 15.0. The van der Waals surface area contributed by atoms with Crippen molar-refractivity contribution < 1.29 is 8.60 Å². The van der Waals surface area contributed by atoms with Crippen molar-refractivity contribution >= 4 is 28.1 Å². The van der Waals surface area contributed by atoms with Gasteiger partial charge in [0.05, 0.1) is 0 Å². The highest BCUT2D eigenvalue weighted by Gasteiger charge is 2.04. The average Bonchev–Trinajstić information content (AvgIpc) is 2.41. The molecule has 0 aliphatic carbocycles. The SMILES string of the molecule is CS(=O)Cc1cc(NCc2ccc(F)cc2)ccc1Cl. The second-order valence-corrected chi connectivity index (χ2v) is 6.35. The Bertz CT molecular complexity index is 616. The minimum absolute atomic E-state index is 0.243. The lowest BCUT2D eigenvalue weighted by molar-refractivity contribution is 0.627. The molecule has 5 heteroatoms. The third-order valence-corrected chi connectivity index (χ3v) is 3.90. The van der Waals surface area contributed by atoms with Crippen molar-refractivity contribution in [3.05, 3.63) is 64.4 Å². The lowest BCUT2D eigenvalue weighted by atomic mass is 10.2. The number of rotatable bonds is 5. The standard InChI is InChI=1S/C15H15ClFNOS/c1-20(19)10-12-8-14(6-7-15(12)16)18-9-11-2-4-13(17)5-3-11/h2-8,18H,9-10H2,1H3. The molecule has 0 spiro atoms. The summed E-state index contributed by atoms with van der Waals surface area (Å²) in [6, 6.07) is 11.9. The minimum Gasteiger partial charge on any atom is -0.381 e. The van der Waals surface area contributed by atoms with Crippen molar-refractivity contribution in [3.8, 4) is 0 Å². The second kappa shape index (κ2) is 6.86. The molecule has 0 aliphatic rings. The van der Waals surface area contributed by atoms with E-state index >= 15 is 0 Å². The van der Waals surface area contributed by atoms with Gasteiger partial charge in [0.15, 0.2) is 0 Å². The minimum atomic E-state index is -0.932. The predicted molar refractivity (Wildman–Crippen MR) is 82.9 cm³/mol. The van der Waals surface area contributed by atoms with Crippen LogP contribution < -0.4 is 5.32 Å². The van der Waals surface area contributed by atoms with Gasteiger partial charge in [-0.3, -0.25) is 4.21 Å². The van der Waals surface area contributed by atoms with Gasteiger partial charge in [-0.1, -0.05) is 23.7 Å². The Morgan fingerprint density at radius 1 is 1.20 bits per heavy atom. The van der Waals surface area contributed by atoms with E-state index in [9.17, 15) is 8.60 Å². The van der Waals surface area contributed by atoms with E-state index in [1.54, 1.807) is 24.5 Å². The van der Waals surface area contributed by atoms with Gasteiger partial charge in [0, 0.05) is 40.1 Å². The van der Waals surface area contributed by atoms with Crippen LogP contribution in [0.4, 0.5) is 10.1 Å². The van der Waals surface area contributed by atoms with E-state index in [0.29, 0.717) is 17.3 Å². The van der Waals surface area contributed by atoms with Crippen LogP contribution in [0.3, 0.4) is 0 Å². The molecule has 1 N–H and O–H groups in total. The zero-order valence-corrected chi connectivity index (χ0v) is 12.6. The van der Waals surface area contributed by atoms with E-state index in [0.717, 1.165) is 16.8 Å². The number of nitrogens with one attached hydrogen (secondary N) is 1. The monoisotopic (exact) mass is 311 g/mol. The summed E-state index contributed by atoms with van der Waals surface area (Å²) in [4.78, 5) is 0. The fourth-order valence-corrected chi connectivity index (χ4v) is 2.76. The molecule has 2 aromatic carbocycles. The Morgan fingerprint density at radius 3 is 2.55 bits per heavy atom. The van der Waals surface area contributed by atoms with Crippen LogP contribution in [0.25, 0.3) is 0 Å². The van der Waals surface area contributed by atoms with Gasteiger partial charge in [0.25, 0.3) is 0 Å². The van der Waals surface area contributed by atoms with Crippen molar-refractivity contribution in [3.63, 3.8) is 0 Å². The summed E-state index contributed by atoms with van der Waals surface area (Å²) in [7, 11) is -0.932. The van der Waals surface area contributed by atoms with E-state index in [-0.39, 0.29) is 5.82 Å². The normalized spacial score (nSPS) is 12.2. The van der Waals surface area contributed by atoms with E-state index in [2.05, 4.69) is 5.32 Å². The molecule has 0 amide bonds. The van der Waals surface area contributed by atoms with Gasteiger partial charge in [-0.2, -0.15) is 0 Å². The van der Waals surface area contributed by atoms with Crippen LogP contribution in [0, 0.1) is 5.82 Å². The maximum Gasteiger partial charge on any atom is 0.123 e. The fraction of sp³-hybridized carbons (Fsp3) is 0.200. The number of hydrogen-bond donors (Lipinski definition) is 1. The Balaban J connectivity index is 2.06. The number of benzene rings is 2. The number of anilines is 1. The molecule has 0 aromatic heterocycles. The van der Waals surface area contributed by atoms with Gasteiger partial charge in [0.2, 0.25) is 0 Å². The molecule has 1 atom stereocenters. The molecule has 0 fully saturated rings. The predicted octanol–water partition coefficient (Wildman–Crippen LogP) is 3.97. The third-order valence-electron chi connectivity index (χ3n) is 2.81. The molecule has 1 unspecified atom stereocenters. The molecule has 20 heavy (non-hydrogen) atoms. The number of hydrogen-bond acceptors (Lipinski definition) is 2. The lowest BCUT2D eigenvalue weighted by Gasteiger charge is -2.09. The van der Waals surface area contributed by atoms with Gasteiger partial charge in [-0.05, 0) is 41.5 Å². The molecule has 106 valence electrons. The molecule has 0 saturated carbocycles. The highest BCUT2D eigenvalue weighted by atomic mass is 35.5. The highest BCUT2D eigenvalue weighted by molar-refractivity contribution is 7.83. The second-order valence-electron chi connectivity index (χ2n) is 4.50. The lowest BCUT2D eigenvalue weighted by Crippen LogP contribution is -2.01. The smallest absolute Gasteiger partial charge is 0.123 e. The summed E-state index contributed by atoms with van der Waals surface area (Å²) in [6.45, 7) is 0.594. The Labute approximate surface area is 125 Å². The zero-order valence-electron chi connectivity index (χ0n) is 11.0. The van der Waals surface area contributed by atoms with Crippen molar-refractivity contribution in [1.29, 1.82) is 0 Å². The van der Waals surface area contributed by atoms with E-state index in [1.807, 2.05) is 12.1 Å². The largest absolute Gasteiger partial charge is 0.381 e. The molecule has 2 nitrogen and oxygen atoms in total. The molecule has 0 saturated heterocycles. The van der Waals surface area contributed by atoms with Crippen molar-refractivity contribution in [1.82, 2.24) is 0 Å². The zero-order chi connectivity index (χ0) is 14.5. The van der Waals surface area contributed by atoms with Gasteiger partial charge >= 0.3 is 0 Å². The number of halogens is 2. The Kier molecular flexibility index (Phi) is 5.15. The van der Waals surface area contributed by atoms with Crippen LogP contribution in [0.2, 0.25) is 5.02 Å². The quantitative estimate of drug-likeness (QED) is 0.905. The molecule has 0 radical (unpaired) electrons. The molecule has 0 aliphatic heterocycles. The first-order chi connectivity index (χ1) is 9.54. The average molecular weight is 312 g/mol. The summed E-state index contributed by atoms with van der Waals surface area (Å²) in [6.07, 6.45) is 1.65. The molecule has 0 heterocycles. The highest BCUT2D eigenvalue weighted by Crippen LogP contribution is 2.22. The molecule has 2 rings (SSSR count). The van der Waals surface area contributed by atoms with E-state index < -0.39 is 10.8 Å². The molecular formula is C15H15ClFNOS. The van der Waals surface area contributed by atoms with Crippen LogP contribution in [-0.2, 0) is 23.1 Å². The topological polar surface area (TPSA) is 29.1 Å². The molecule has 2 aromatic rings. The van der Waals surface area contributed by atoms with Crippen molar-refractivity contribution in [2.24, 2.45) is 0 Å². The van der Waals surface area contributed by atoms with Crippen molar-refractivity contribution in [2.75, 3.05) is 11.6 Å². The van der Waals surface area contributed by atoms with E-state index in [4.69, 9.17) is 11.6 Å². The van der Waals surface area contributed by atoms with Crippen LogP contribution in [0.1, 0.15) is 11.1 Å². The van der Waals surface area contributed by atoms with Gasteiger partial charge in [0.1, 0.15) is 5.82 Å². The maximum atomic E-state index is 12.8. The molecule has 0 bridgehead atoms. The fourth-order valence-electron chi connectivity index (χ4n) is 1.82. The first-order valence-electron chi connectivity index (χ1n) is 6.11. The van der Waals surface area contributed by atoms with Gasteiger partial charge in [-0.15, -0.1) is 0 Å². The van der Waals surface area contributed by atoms with Gasteiger partial charge in [-0.25, -0.2) is 4.39 Å². The molecular weight excluding hydrogens is 297 g/mol. The summed E-state index contributed by atoms with van der Waals surface area (Å²) in [5, 5.41) is 3.86. The van der Waals surface area contributed by atoms with E-state index in [1.165, 1.54) is 12.1 Å². The Hall–Kier alpha value is -1.39. The third kappa shape index (κ3) is 4.32. The summed E-state index contributed by atoms with van der Waals surface area (Å²) in [5.41, 5.74) is 2.75. The summed E-state index contributed by atoms with van der Waals surface area (Å²) >= 11 is 6.07. The first-order valence-corrected chi connectivity index (χ1v) is 8.22. The van der Waals surface area contributed by atoms with Crippen LogP contribution in [0.5, 0.6) is 0 Å². The van der Waals surface area contributed by atoms with Crippen LogP contribution in [-0.4, -0.2) is 10.5 Å². The summed E-state index contributed by atoms with van der Waals surface area (Å²) < 4.78 is 24.1.